The quantitative estimate of drug-likeness (QED) is 0.589. The zero-order valence-corrected chi connectivity index (χ0v) is 15.9. The second-order valence-electron chi connectivity index (χ2n) is 7.12. The van der Waals surface area contributed by atoms with Crippen LogP contribution in [0, 0.1) is 0 Å². The molecule has 3 aromatic rings. The Hall–Kier alpha value is -4.28. The molecular formula is C20H14N6O5. The highest BCUT2D eigenvalue weighted by molar-refractivity contribution is 6.25. The molecule has 31 heavy (non-hydrogen) atoms. The highest BCUT2D eigenvalue weighted by Gasteiger charge is 2.55. The highest BCUT2D eigenvalue weighted by atomic mass is 16.7. The van der Waals surface area contributed by atoms with Crippen molar-refractivity contribution in [3.05, 3.63) is 54.4 Å². The van der Waals surface area contributed by atoms with E-state index in [9.17, 15) is 9.59 Å². The van der Waals surface area contributed by atoms with E-state index in [0.29, 0.717) is 28.6 Å². The van der Waals surface area contributed by atoms with Crippen molar-refractivity contribution in [3.63, 3.8) is 0 Å². The lowest BCUT2D eigenvalue weighted by atomic mass is 10.1. The third kappa shape index (κ3) is 2.74. The molecule has 1 aromatic heterocycles. The number of anilines is 1. The summed E-state index contributed by atoms with van der Waals surface area (Å²) < 4.78 is 16.0. The van der Waals surface area contributed by atoms with Crippen LogP contribution in [0.1, 0.15) is 5.89 Å². The molecule has 2 amide bonds. The molecule has 11 heteroatoms. The Labute approximate surface area is 174 Å². The second kappa shape index (κ2) is 6.62. The topological polar surface area (TPSA) is 123 Å². The van der Waals surface area contributed by atoms with Gasteiger partial charge in [-0.2, -0.15) is 10.1 Å². The lowest BCUT2D eigenvalue weighted by Gasteiger charge is -2.19. The molecule has 6 rings (SSSR count). The van der Waals surface area contributed by atoms with Crippen molar-refractivity contribution in [1.29, 1.82) is 0 Å². The van der Waals surface area contributed by atoms with Gasteiger partial charge in [-0.15, -0.1) is 0 Å². The van der Waals surface area contributed by atoms with Gasteiger partial charge in [0, 0.05) is 5.56 Å². The van der Waals surface area contributed by atoms with Gasteiger partial charge in [0.2, 0.25) is 18.5 Å². The van der Waals surface area contributed by atoms with E-state index in [1.165, 1.54) is 5.01 Å². The Morgan fingerprint density at radius 1 is 1.00 bits per heavy atom. The van der Waals surface area contributed by atoms with Crippen LogP contribution < -0.4 is 14.4 Å². The number of ether oxygens (including phenoxy) is 2. The van der Waals surface area contributed by atoms with Gasteiger partial charge in [0.05, 0.1) is 5.69 Å². The zero-order valence-electron chi connectivity index (χ0n) is 15.9. The van der Waals surface area contributed by atoms with Crippen molar-refractivity contribution in [3.8, 4) is 22.9 Å². The van der Waals surface area contributed by atoms with E-state index in [1.807, 2.05) is 6.07 Å². The molecule has 2 atom stereocenters. The molecule has 154 valence electrons. The maximum atomic E-state index is 13.0. The van der Waals surface area contributed by atoms with Crippen LogP contribution in [0.5, 0.6) is 11.5 Å². The number of carbonyl (C=O) groups is 2. The van der Waals surface area contributed by atoms with E-state index in [-0.39, 0.29) is 25.1 Å². The minimum Gasteiger partial charge on any atom is -0.454 e. The van der Waals surface area contributed by atoms with E-state index < -0.39 is 18.0 Å². The first-order valence-electron chi connectivity index (χ1n) is 9.52. The smallest absolute Gasteiger partial charge is 0.263 e. The third-order valence-electron chi connectivity index (χ3n) is 5.27. The monoisotopic (exact) mass is 418 g/mol. The molecule has 0 bridgehead atoms. The van der Waals surface area contributed by atoms with Gasteiger partial charge in [-0.05, 0) is 30.3 Å². The number of hydrogen-bond donors (Lipinski definition) is 0. The molecule has 1 saturated heterocycles. The molecule has 3 aliphatic heterocycles. The van der Waals surface area contributed by atoms with Crippen molar-refractivity contribution < 1.29 is 23.6 Å². The van der Waals surface area contributed by atoms with Crippen LogP contribution in [0.2, 0.25) is 0 Å². The Morgan fingerprint density at radius 3 is 2.71 bits per heavy atom. The van der Waals surface area contributed by atoms with E-state index in [1.54, 1.807) is 42.5 Å². The number of benzene rings is 2. The standard InChI is InChI=1S/C20H14N6O5/c27-19-16-17(20(28)26(19)12-4-2-1-3-5-12)25(24-22-16)9-15-21-18(23-31-15)11-6-7-13-14(8-11)30-10-29-13/h1-8,16-17H,9-10H2/t16-,17+/m0/s1. The number of aromatic nitrogens is 2. The van der Waals surface area contributed by atoms with Crippen LogP contribution in [0.4, 0.5) is 5.69 Å². The summed E-state index contributed by atoms with van der Waals surface area (Å²) in [6.07, 6.45) is 0. The van der Waals surface area contributed by atoms with Gasteiger partial charge in [0.1, 0.15) is 6.54 Å². The molecule has 11 nitrogen and oxygen atoms in total. The first-order valence-corrected chi connectivity index (χ1v) is 9.52. The van der Waals surface area contributed by atoms with E-state index in [0.717, 1.165) is 4.90 Å². The van der Waals surface area contributed by atoms with Crippen molar-refractivity contribution >= 4 is 17.5 Å². The van der Waals surface area contributed by atoms with Gasteiger partial charge >= 0.3 is 0 Å². The lowest BCUT2D eigenvalue weighted by Crippen LogP contribution is -2.39. The molecule has 0 saturated carbocycles. The molecule has 0 spiro atoms. The molecule has 3 aliphatic rings. The normalized spacial score (nSPS) is 21.3. The fourth-order valence-corrected chi connectivity index (χ4v) is 3.80. The summed E-state index contributed by atoms with van der Waals surface area (Å²) in [5, 5.41) is 13.4. The Kier molecular flexibility index (Phi) is 3.75. The Morgan fingerprint density at radius 2 is 1.84 bits per heavy atom. The van der Waals surface area contributed by atoms with Crippen LogP contribution in [0.3, 0.4) is 0 Å². The van der Waals surface area contributed by atoms with Gasteiger partial charge in [0.15, 0.2) is 23.6 Å². The van der Waals surface area contributed by atoms with Crippen LogP contribution in [0.25, 0.3) is 11.4 Å². The fourth-order valence-electron chi connectivity index (χ4n) is 3.80. The van der Waals surface area contributed by atoms with Crippen molar-refractivity contribution in [2.24, 2.45) is 10.3 Å². The number of hydrogen-bond acceptors (Lipinski definition) is 10. The number of imide groups is 1. The molecular weight excluding hydrogens is 404 g/mol. The molecule has 0 unspecified atom stereocenters. The first-order chi connectivity index (χ1) is 15.2. The maximum absolute atomic E-state index is 13.0. The van der Waals surface area contributed by atoms with Gasteiger partial charge in [-0.25, -0.2) is 4.90 Å². The van der Waals surface area contributed by atoms with E-state index in [2.05, 4.69) is 20.5 Å². The van der Waals surface area contributed by atoms with Crippen LogP contribution in [-0.2, 0) is 16.1 Å². The number of rotatable bonds is 4. The molecule has 1 fully saturated rings. The van der Waals surface area contributed by atoms with E-state index in [4.69, 9.17) is 14.0 Å². The molecule has 0 N–H and O–H groups in total. The van der Waals surface area contributed by atoms with E-state index >= 15 is 0 Å². The van der Waals surface area contributed by atoms with Gasteiger partial charge < -0.3 is 14.0 Å². The summed E-state index contributed by atoms with van der Waals surface area (Å²) in [6, 6.07) is 12.4. The lowest BCUT2D eigenvalue weighted by molar-refractivity contribution is -0.123. The molecule has 4 heterocycles. The molecule has 0 aliphatic carbocycles. The Bertz CT molecular complexity index is 1230. The molecule has 0 radical (unpaired) electrons. The van der Waals surface area contributed by atoms with Crippen LogP contribution in [-0.4, -0.2) is 45.8 Å². The van der Waals surface area contributed by atoms with Crippen LogP contribution >= 0.6 is 0 Å². The summed E-state index contributed by atoms with van der Waals surface area (Å²) in [5.41, 5.74) is 1.20. The first kappa shape index (κ1) is 17.6. The summed E-state index contributed by atoms with van der Waals surface area (Å²) >= 11 is 0. The summed E-state index contributed by atoms with van der Waals surface area (Å²) in [5.74, 6) is 1.08. The van der Waals surface area contributed by atoms with Crippen LogP contribution in [0.15, 0.2) is 63.4 Å². The minimum absolute atomic E-state index is 0.0455. The predicted molar refractivity (Wildman–Crippen MR) is 103 cm³/mol. The van der Waals surface area contributed by atoms with Crippen molar-refractivity contribution in [2.75, 3.05) is 11.7 Å². The zero-order chi connectivity index (χ0) is 20.9. The maximum Gasteiger partial charge on any atom is 0.263 e. The Balaban J connectivity index is 1.22. The second-order valence-corrected chi connectivity index (χ2v) is 7.12. The number of amides is 2. The molecule has 2 aromatic carbocycles. The third-order valence-corrected chi connectivity index (χ3v) is 5.27. The SMILES string of the molecule is O=C1[C@H]2N=NN(Cc3nc(-c4ccc5c(c4)OCO5)no3)[C@H]2C(=O)N1c1ccccc1. The van der Waals surface area contributed by atoms with Gasteiger partial charge in [-0.3, -0.25) is 14.6 Å². The van der Waals surface area contributed by atoms with Gasteiger partial charge in [0.25, 0.3) is 11.8 Å². The number of carbonyl (C=O) groups excluding carboxylic acids is 2. The van der Waals surface area contributed by atoms with Gasteiger partial charge in [-0.1, -0.05) is 28.6 Å². The average molecular weight is 418 g/mol. The predicted octanol–water partition coefficient (Wildman–Crippen LogP) is 1.96. The number of para-hydroxylation sites is 1. The summed E-state index contributed by atoms with van der Waals surface area (Å²) in [6.45, 7) is 0.218. The minimum atomic E-state index is -0.885. The van der Waals surface area contributed by atoms with Crippen molar-refractivity contribution in [1.82, 2.24) is 15.1 Å². The fraction of sp³-hybridized carbons (Fsp3) is 0.200. The number of fused-ring (bicyclic) bond motifs is 2. The largest absolute Gasteiger partial charge is 0.454 e. The summed E-state index contributed by atoms with van der Waals surface area (Å²) in [4.78, 5) is 31.2. The summed E-state index contributed by atoms with van der Waals surface area (Å²) in [7, 11) is 0. The van der Waals surface area contributed by atoms with Crippen molar-refractivity contribution in [2.45, 2.75) is 18.6 Å². The number of nitrogens with zero attached hydrogens (tertiary/aromatic N) is 6. The highest BCUT2D eigenvalue weighted by Crippen LogP contribution is 2.36. The average Bonchev–Trinajstić information content (AvgIpc) is 3.56.